The van der Waals surface area contributed by atoms with E-state index in [2.05, 4.69) is 204 Å². The number of para-hydroxylation sites is 3. The molecule has 0 amide bonds. The van der Waals surface area contributed by atoms with Crippen molar-refractivity contribution in [2.75, 3.05) is 9.80 Å². The quantitative estimate of drug-likeness (QED) is 0.122. The molecule has 0 heterocycles. The van der Waals surface area contributed by atoms with Crippen molar-refractivity contribution in [3.63, 3.8) is 0 Å². The summed E-state index contributed by atoms with van der Waals surface area (Å²) in [5.41, 5.74) is 16.5. The molecule has 0 saturated heterocycles. The molecule has 1 spiro atoms. The van der Waals surface area contributed by atoms with Crippen LogP contribution in [-0.2, 0) is 5.41 Å². The van der Waals surface area contributed by atoms with Gasteiger partial charge in [-0.25, -0.2) is 0 Å². The molecule has 1 unspecified atom stereocenters. The van der Waals surface area contributed by atoms with Gasteiger partial charge in [0.1, 0.15) is 0 Å². The van der Waals surface area contributed by atoms with E-state index >= 15 is 0 Å². The van der Waals surface area contributed by atoms with Crippen molar-refractivity contribution in [1.82, 2.24) is 0 Å². The average Bonchev–Trinajstić information content (AvgIpc) is 3.51. The molecule has 1 atom stereocenters. The van der Waals surface area contributed by atoms with Gasteiger partial charge >= 0.3 is 0 Å². The van der Waals surface area contributed by atoms with Crippen molar-refractivity contribution < 1.29 is 41.3 Å². The topological polar surface area (TPSA) is 6.48 Å². The molecule has 0 N–H and O–H groups in total. The first kappa shape index (κ1) is 33.4. The molecule has 3 heteroatoms. The van der Waals surface area contributed by atoms with Crippen LogP contribution in [0.3, 0.4) is 0 Å². The molecule has 0 bridgehead atoms. The Kier molecular flexibility index (Phi) is 8.71. The van der Waals surface area contributed by atoms with Crippen LogP contribution in [-0.4, -0.2) is 0 Å². The predicted molar refractivity (Wildman–Crippen MR) is 215 cm³/mol. The Morgan fingerprint density at radius 1 is 0.491 bits per heavy atom. The van der Waals surface area contributed by atoms with Crippen LogP contribution < -0.4 is 9.80 Å². The largest absolute Gasteiger partial charge is 0.311 e. The van der Waals surface area contributed by atoms with Gasteiger partial charge in [-0.2, -0.15) is 24.3 Å². The van der Waals surface area contributed by atoms with E-state index in [4.69, 9.17) is 0 Å². The van der Waals surface area contributed by atoms with Crippen LogP contribution in [0, 0.1) is 59.2 Å². The third-order valence-corrected chi connectivity index (χ3v) is 10.7. The standard InChI is InChI=1S/C50H33N2.Pr/c1-5-17-36(18-6-1)51(37-19-7-2-8-20-37)39-29-31-40(32-30-39)52(38-21-9-3-10-22-38)41-33-34-45-44-25-14-16-28-48(44)50(49(45)35-41)46-26-12-4-11-23-42(46)43-24-13-15-27-47(43)50;/h1-3,5-11,13-14,16-25,27-35H,26H2;/q-1;. The van der Waals surface area contributed by atoms with Gasteiger partial charge in [0.15, 0.2) is 0 Å². The van der Waals surface area contributed by atoms with Crippen LogP contribution in [0.2, 0.25) is 0 Å². The minimum Gasteiger partial charge on any atom is -0.311 e. The summed E-state index contributed by atoms with van der Waals surface area (Å²) in [6.07, 6.45) is 4.94. The summed E-state index contributed by atoms with van der Waals surface area (Å²) in [4.78, 5) is 4.68. The number of fused-ring (bicyclic) bond motifs is 9. The van der Waals surface area contributed by atoms with Crippen LogP contribution >= 0.6 is 0 Å². The molecule has 1 radical (unpaired) electrons. The average molecular weight is 803 g/mol. The third kappa shape index (κ3) is 5.34. The van der Waals surface area contributed by atoms with Crippen molar-refractivity contribution in [3.05, 3.63) is 222 Å². The summed E-state index contributed by atoms with van der Waals surface area (Å²) < 4.78 is 0. The van der Waals surface area contributed by atoms with E-state index in [0.717, 1.165) is 34.1 Å². The first-order valence-corrected chi connectivity index (χ1v) is 17.8. The van der Waals surface area contributed by atoms with Crippen LogP contribution in [0.4, 0.5) is 34.1 Å². The number of nitrogens with zero attached hydrogens (tertiary/aromatic N) is 2. The summed E-state index contributed by atoms with van der Waals surface area (Å²) in [5.74, 6) is 6.75. The van der Waals surface area contributed by atoms with Gasteiger partial charge in [-0.05, 0) is 118 Å². The smallest absolute Gasteiger partial charge is 0.0464 e. The molecule has 53 heavy (non-hydrogen) atoms. The zero-order chi connectivity index (χ0) is 34.5. The van der Waals surface area contributed by atoms with Gasteiger partial charge < -0.3 is 9.80 Å². The molecule has 7 aromatic rings. The maximum absolute atomic E-state index is 3.47. The molecule has 0 saturated carbocycles. The summed E-state index contributed by atoms with van der Waals surface area (Å²) in [7, 11) is 0. The van der Waals surface area contributed by atoms with Gasteiger partial charge in [0, 0.05) is 87.3 Å². The normalized spacial score (nSPS) is 15.6. The number of hydrogen-bond donors (Lipinski definition) is 0. The van der Waals surface area contributed by atoms with Gasteiger partial charge in [0.05, 0.1) is 0 Å². The third-order valence-electron chi connectivity index (χ3n) is 10.7. The summed E-state index contributed by atoms with van der Waals surface area (Å²) in [6.45, 7) is 0. The van der Waals surface area contributed by atoms with Gasteiger partial charge in [0.25, 0.3) is 0 Å². The van der Waals surface area contributed by atoms with E-state index in [-0.39, 0.29) is 41.3 Å². The Morgan fingerprint density at radius 3 is 1.66 bits per heavy atom. The van der Waals surface area contributed by atoms with Crippen molar-refractivity contribution in [1.29, 1.82) is 0 Å². The van der Waals surface area contributed by atoms with E-state index < -0.39 is 5.41 Å². The van der Waals surface area contributed by atoms with E-state index in [1.807, 2.05) is 12.1 Å². The van der Waals surface area contributed by atoms with Gasteiger partial charge in [-0.3, -0.25) is 0 Å². The molecule has 247 valence electrons. The van der Waals surface area contributed by atoms with Gasteiger partial charge in [-0.15, -0.1) is 11.1 Å². The Labute approximate surface area is 344 Å². The van der Waals surface area contributed by atoms with Crippen molar-refractivity contribution in [3.8, 4) is 23.0 Å². The predicted octanol–water partition coefficient (Wildman–Crippen LogP) is 12.5. The van der Waals surface area contributed by atoms with Crippen molar-refractivity contribution in [2.24, 2.45) is 0 Å². The molecule has 3 aliphatic rings. The fourth-order valence-corrected chi connectivity index (χ4v) is 8.64. The first-order valence-electron chi connectivity index (χ1n) is 17.8. The monoisotopic (exact) mass is 802 g/mol. The molecule has 10 rings (SSSR count). The van der Waals surface area contributed by atoms with E-state index in [1.165, 1.54) is 44.5 Å². The molecular formula is C50H33N2Pr-. The molecule has 0 aromatic heterocycles. The van der Waals surface area contributed by atoms with Crippen LogP contribution in [0.5, 0.6) is 0 Å². The summed E-state index contributed by atoms with van der Waals surface area (Å²) in [6, 6.07) is 66.7. The second kappa shape index (κ2) is 13.8. The maximum atomic E-state index is 3.47. The Morgan fingerprint density at radius 2 is 1.02 bits per heavy atom. The molecule has 3 aliphatic carbocycles. The zero-order valence-corrected chi connectivity index (χ0v) is 32.8. The zero-order valence-electron chi connectivity index (χ0n) is 29.1. The van der Waals surface area contributed by atoms with Gasteiger partial charge in [0.2, 0.25) is 0 Å². The van der Waals surface area contributed by atoms with Crippen LogP contribution in [0.25, 0.3) is 16.7 Å². The molecule has 0 aliphatic heterocycles. The number of allylic oxidation sites excluding steroid dienone is 4. The second-order valence-electron chi connectivity index (χ2n) is 13.4. The number of hydrogen-bond acceptors (Lipinski definition) is 2. The SMILES string of the molecule is C1#CCC2=C(C=C1)c1cc[c-]cc1C21c2ccccc2-c2ccc(N(c3ccccc3)c3ccc(N(c4ccccc4)c4ccccc4)cc3)cc21.[Pr]. The van der Waals surface area contributed by atoms with E-state index in [9.17, 15) is 0 Å². The second-order valence-corrected chi connectivity index (χ2v) is 13.4. The van der Waals surface area contributed by atoms with Crippen molar-refractivity contribution in [2.45, 2.75) is 11.8 Å². The Balaban J connectivity index is 0.00000372. The number of rotatable bonds is 6. The maximum Gasteiger partial charge on any atom is 0.0464 e. The van der Waals surface area contributed by atoms with Crippen molar-refractivity contribution >= 4 is 39.7 Å². The molecule has 7 aromatic carbocycles. The molecule has 2 nitrogen and oxygen atoms in total. The summed E-state index contributed by atoms with van der Waals surface area (Å²) >= 11 is 0. The molecular weight excluding hydrogens is 769 g/mol. The summed E-state index contributed by atoms with van der Waals surface area (Å²) in [5, 5.41) is 0. The fraction of sp³-hybridized carbons (Fsp3) is 0.0400. The minimum atomic E-state index is -0.453. The molecule has 0 fully saturated rings. The first-order chi connectivity index (χ1) is 25.8. The van der Waals surface area contributed by atoms with Gasteiger partial charge in [-0.1, -0.05) is 96.8 Å². The fourth-order valence-electron chi connectivity index (χ4n) is 8.64. The minimum absolute atomic E-state index is 0. The van der Waals surface area contributed by atoms with Crippen LogP contribution in [0.15, 0.2) is 194 Å². The van der Waals surface area contributed by atoms with Crippen LogP contribution in [0.1, 0.15) is 28.7 Å². The van der Waals surface area contributed by atoms with E-state index in [0.29, 0.717) is 6.42 Å². The number of benzene rings is 7. The van der Waals surface area contributed by atoms with E-state index in [1.54, 1.807) is 0 Å². The Bertz CT molecular complexity index is 2560. The Hall–Kier alpha value is -5.46. The number of anilines is 6.